The first-order chi connectivity index (χ1) is 8.97. The number of halogens is 3. The lowest BCUT2D eigenvalue weighted by molar-refractivity contribution is 0.0692. The minimum atomic E-state index is -1.44. The van der Waals surface area contributed by atoms with E-state index in [1.54, 1.807) is 0 Å². The maximum Gasteiger partial charge on any atom is 0.338 e. The van der Waals surface area contributed by atoms with Crippen LogP contribution in [0.15, 0.2) is 36.4 Å². The van der Waals surface area contributed by atoms with E-state index in [1.165, 1.54) is 6.07 Å². The van der Waals surface area contributed by atoms with E-state index < -0.39 is 29.0 Å². The van der Waals surface area contributed by atoms with Crippen LogP contribution in [0.3, 0.4) is 0 Å². The monoisotopic (exact) mass is 267 g/mol. The fourth-order valence-corrected chi connectivity index (χ4v) is 1.52. The van der Waals surface area contributed by atoms with Crippen LogP contribution in [0.1, 0.15) is 10.4 Å². The highest BCUT2D eigenvalue weighted by molar-refractivity contribution is 5.89. The molecule has 98 valence electrons. The lowest BCUT2D eigenvalue weighted by Gasteiger charge is -2.08. The van der Waals surface area contributed by atoms with Crippen molar-refractivity contribution in [2.24, 2.45) is 0 Å². The summed E-state index contributed by atoms with van der Waals surface area (Å²) in [4.78, 5) is 10.7. The fourth-order valence-electron chi connectivity index (χ4n) is 1.52. The van der Waals surface area contributed by atoms with Gasteiger partial charge in [-0.3, -0.25) is 0 Å². The van der Waals surface area contributed by atoms with Crippen molar-refractivity contribution in [3.63, 3.8) is 0 Å². The highest BCUT2D eigenvalue weighted by Gasteiger charge is 2.12. The molecule has 0 bridgehead atoms. The Hall–Kier alpha value is -2.50. The van der Waals surface area contributed by atoms with Crippen LogP contribution in [0.4, 0.5) is 24.5 Å². The predicted molar refractivity (Wildman–Crippen MR) is 63.0 cm³/mol. The standard InChI is InChI=1S/C13H8F3NO2/c14-7-1-3-11(16)12(5-7)17-8-2-4-10(15)9(6-8)13(18)19/h1-6,17H,(H,18,19). The molecule has 6 heteroatoms. The average molecular weight is 267 g/mol. The molecule has 2 N–H and O–H groups in total. The number of carbonyl (C=O) groups is 1. The summed E-state index contributed by atoms with van der Waals surface area (Å²) in [6, 6.07) is 5.96. The van der Waals surface area contributed by atoms with Crippen molar-refractivity contribution in [3.05, 3.63) is 59.4 Å². The van der Waals surface area contributed by atoms with Gasteiger partial charge in [0.2, 0.25) is 0 Å². The molecule has 0 amide bonds. The Labute approximate surface area is 106 Å². The summed E-state index contributed by atoms with van der Waals surface area (Å²) in [5.74, 6) is -3.70. The molecule has 0 unspecified atom stereocenters. The Morgan fingerprint density at radius 2 is 1.68 bits per heavy atom. The second-order valence-corrected chi connectivity index (χ2v) is 3.75. The zero-order chi connectivity index (χ0) is 14.0. The van der Waals surface area contributed by atoms with E-state index in [0.717, 1.165) is 30.3 Å². The van der Waals surface area contributed by atoms with Crippen molar-refractivity contribution < 1.29 is 23.1 Å². The number of aromatic carboxylic acids is 1. The minimum Gasteiger partial charge on any atom is -0.478 e. The minimum absolute atomic E-state index is 0.142. The number of anilines is 2. The molecular weight excluding hydrogens is 259 g/mol. The van der Waals surface area contributed by atoms with Crippen LogP contribution in [-0.4, -0.2) is 11.1 Å². The molecule has 0 saturated heterocycles. The second-order valence-electron chi connectivity index (χ2n) is 3.75. The van der Waals surface area contributed by atoms with E-state index in [2.05, 4.69) is 5.32 Å². The summed E-state index contributed by atoms with van der Waals surface area (Å²) in [7, 11) is 0. The first-order valence-electron chi connectivity index (χ1n) is 5.22. The van der Waals surface area contributed by atoms with Crippen LogP contribution in [0.2, 0.25) is 0 Å². The molecule has 0 aromatic heterocycles. The first kappa shape index (κ1) is 12.9. The van der Waals surface area contributed by atoms with Gasteiger partial charge in [-0.1, -0.05) is 0 Å². The Morgan fingerprint density at radius 1 is 1.00 bits per heavy atom. The van der Waals surface area contributed by atoms with Gasteiger partial charge in [-0.2, -0.15) is 0 Å². The highest BCUT2D eigenvalue weighted by atomic mass is 19.1. The van der Waals surface area contributed by atoms with Crippen LogP contribution in [-0.2, 0) is 0 Å². The predicted octanol–water partition coefficient (Wildman–Crippen LogP) is 3.55. The van der Waals surface area contributed by atoms with Crippen molar-refractivity contribution in [2.45, 2.75) is 0 Å². The Kier molecular flexibility index (Phi) is 3.41. The molecule has 0 heterocycles. The van der Waals surface area contributed by atoms with Crippen molar-refractivity contribution in [1.29, 1.82) is 0 Å². The average Bonchev–Trinajstić information content (AvgIpc) is 2.36. The second kappa shape index (κ2) is 5.01. The quantitative estimate of drug-likeness (QED) is 0.894. The van der Waals surface area contributed by atoms with E-state index in [0.29, 0.717) is 0 Å². The smallest absolute Gasteiger partial charge is 0.338 e. The zero-order valence-corrected chi connectivity index (χ0v) is 9.45. The maximum absolute atomic E-state index is 13.4. The molecule has 2 rings (SSSR count). The van der Waals surface area contributed by atoms with Crippen LogP contribution < -0.4 is 5.32 Å². The molecule has 2 aromatic rings. The normalized spacial score (nSPS) is 10.3. The third-order valence-electron chi connectivity index (χ3n) is 2.40. The van der Waals surface area contributed by atoms with Crippen molar-refractivity contribution in [1.82, 2.24) is 0 Å². The summed E-state index contributed by atoms with van der Waals surface area (Å²) in [5.41, 5.74) is -0.576. The molecule has 0 aliphatic carbocycles. The Bertz CT molecular complexity index is 644. The van der Waals surface area contributed by atoms with Gasteiger partial charge in [0.15, 0.2) is 0 Å². The molecule has 19 heavy (non-hydrogen) atoms. The summed E-state index contributed by atoms with van der Waals surface area (Å²) in [6.07, 6.45) is 0. The van der Waals surface area contributed by atoms with E-state index in [9.17, 15) is 18.0 Å². The summed E-state index contributed by atoms with van der Waals surface area (Å²) < 4.78 is 39.5. The van der Waals surface area contributed by atoms with E-state index in [1.807, 2.05) is 0 Å². The topological polar surface area (TPSA) is 49.3 Å². The van der Waals surface area contributed by atoms with Crippen LogP contribution in [0.5, 0.6) is 0 Å². The molecule has 0 aliphatic rings. The highest BCUT2D eigenvalue weighted by Crippen LogP contribution is 2.22. The van der Waals surface area contributed by atoms with Gasteiger partial charge < -0.3 is 10.4 Å². The third-order valence-corrected chi connectivity index (χ3v) is 2.40. The molecule has 0 fully saturated rings. The van der Waals surface area contributed by atoms with Gasteiger partial charge >= 0.3 is 5.97 Å². The van der Waals surface area contributed by atoms with Crippen molar-refractivity contribution >= 4 is 17.3 Å². The lowest BCUT2D eigenvalue weighted by Crippen LogP contribution is -2.02. The summed E-state index contributed by atoms with van der Waals surface area (Å²) in [5, 5.41) is 11.2. The van der Waals surface area contributed by atoms with Crippen molar-refractivity contribution in [2.75, 3.05) is 5.32 Å². The molecule has 0 spiro atoms. The third kappa shape index (κ3) is 2.85. The number of hydrogen-bond donors (Lipinski definition) is 2. The lowest BCUT2D eigenvalue weighted by atomic mass is 10.2. The van der Waals surface area contributed by atoms with Crippen molar-refractivity contribution in [3.8, 4) is 0 Å². The van der Waals surface area contributed by atoms with Crippen LogP contribution in [0, 0.1) is 17.5 Å². The van der Waals surface area contributed by atoms with E-state index in [4.69, 9.17) is 5.11 Å². The van der Waals surface area contributed by atoms with E-state index >= 15 is 0 Å². The first-order valence-corrected chi connectivity index (χ1v) is 5.22. The number of rotatable bonds is 3. The summed E-state index contributed by atoms with van der Waals surface area (Å²) in [6.45, 7) is 0. The largest absolute Gasteiger partial charge is 0.478 e. The van der Waals surface area contributed by atoms with Gasteiger partial charge in [0.1, 0.15) is 17.5 Å². The van der Waals surface area contributed by atoms with Crippen LogP contribution in [0.25, 0.3) is 0 Å². The SMILES string of the molecule is O=C(O)c1cc(Nc2cc(F)ccc2F)ccc1F. The number of carboxylic acid groups (broad SMARTS) is 1. The molecule has 0 saturated carbocycles. The van der Waals surface area contributed by atoms with Gasteiger partial charge in [0.05, 0.1) is 11.3 Å². The molecular formula is C13H8F3NO2. The number of benzene rings is 2. The number of nitrogens with one attached hydrogen (secondary N) is 1. The van der Waals surface area contributed by atoms with Crippen LogP contribution >= 0.6 is 0 Å². The van der Waals surface area contributed by atoms with Gasteiger partial charge in [0.25, 0.3) is 0 Å². The maximum atomic E-state index is 13.4. The van der Waals surface area contributed by atoms with E-state index in [-0.39, 0.29) is 11.4 Å². The fraction of sp³-hybridized carbons (Fsp3) is 0. The molecule has 0 aliphatic heterocycles. The Balaban J connectivity index is 2.36. The molecule has 0 radical (unpaired) electrons. The van der Waals surface area contributed by atoms with Gasteiger partial charge in [-0.05, 0) is 30.3 Å². The zero-order valence-electron chi connectivity index (χ0n) is 9.45. The van der Waals surface area contributed by atoms with Gasteiger partial charge in [0, 0.05) is 11.8 Å². The molecule has 3 nitrogen and oxygen atoms in total. The summed E-state index contributed by atoms with van der Waals surface area (Å²) >= 11 is 0. The van der Waals surface area contributed by atoms with Gasteiger partial charge in [-0.25, -0.2) is 18.0 Å². The molecule has 0 atom stereocenters. The number of hydrogen-bond acceptors (Lipinski definition) is 2. The van der Waals surface area contributed by atoms with Gasteiger partial charge in [-0.15, -0.1) is 0 Å². The number of carboxylic acids is 1. The molecule has 2 aromatic carbocycles. The Morgan fingerprint density at radius 3 is 2.37 bits per heavy atom.